The van der Waals surface area contributed by atoms with E-state index in [-0.39, 0.29) is 5.91 Å². The van der Waals surface area contributed by atoms with Gasteiger partial charge in [0, 0.05) is 19.5 Å². The fourth-order valence-electron chi connectivity index (χ4n) is 3.91. The number of hydrogen-bond donors (Lipinski definition) is 1. The van der Waals surface area contributed by atoms with Crippen LogP contribution in [-0.4, -0.2) is 59.6 Å². The molecule has 0 bridgehead atoms. The topological polar surface area (TPSA) is 61.9 Å². The Kier molecular flexibility index (Phi) is 6.60. The van der Waals surface area contributed by atoms with Crippen LogP contribution in [0.15, 0.2) is 24.3 Å². The van der Waals surface area contributed by atoms with Gasteiger partial charge in [-0.05, 0) is 57.8 Å². The minimum absolute atomic E-state index is 0.0997. The first kappa shape index (κ1) is 20.6. The van der Waals surface area contributed by atoms with Gasteiger partial charge in [-0.2, -0.15) is 0 Å². The molecule has 0 radical (unpaired) electrons. The number of fused-ring (bicyclic) bond motifs is 1. The number of likely N-dealkylation sites (tertiary alicyclic amines) is 1. The van der Waals surface area contributed by atoms with Crippen LogP contribution < -0.4 is 5.32 Å². The lowest BCUT2D eigenvalue weighted by atomic mass is 9.94. The fraction of sp³-hybridized carbons (Fsp3) is 0.636. The molecule has 0 aliphatic carbocycles. The summed E-state index contributed by atoms with van der Waals surface area (Å²) in [7, 11) is 0. The van der Waals surface area contributed by atoms with Gasteiger partial charge in [0.15, 0.2) is 0 Å². The summed E-state index contributed by atoms with van der Waals surface area (Å²) in [6, 6.07) is 7.46. The fourth-order valence-corrected chi connectivity index (χ4v) is 3.91. The van der Waals surface area contributed by atoms with Gasteiger partial charge in [-0.25, -0.2) is 4.79 Å². The molecule has 2 heterocycles. The third kappa shape index (κ3) is 5.47. The zero-order valence-electron chi connectivity index (χ0n) is 17.4. The number of carbonyl (C=O) groups excluding carboxylic acids is 2. The summed E-state index contributed by atoms with van der Waals surface area (Å²) in [5.74, 6) is -0.0997. The second-order valence-electron chi connectivity index (χ2n) is 8.79. The van der Waals surface area contributed by atoms with E-state index in [4.69, 9.17) is 4.74 Å². The molecule has 6 heteroatoms. The first-order chi connectivity index (χ1) is 13.3. The molecule has 1 aromatic rings. The van der Waals surface area contributed by atoms with Crippen LogP contribution in [0, 0.1) is 0 Å². The van der Waals surface area contributed by atoms with Crippen molar-refractivity contribution in [3.8, 4) is 0 Å². The van der Waals surface area contributed by atoms with E-state index in [1.807, 2.05) is 45.0 Å². The molecule has 1 N–H and O–H groups in total. The van der Waals surface area contributed by atoms with Crippen molar-refractivity contribution < 1.29 is 14.3 Å². The summed E-state index contributed by atoms with van der Waals surface area (Å²) in [5, 5.41) is 3.05. The first-order valence-electron chi connectivity index (χ1n) is 10.4. The molecule has 1 fully saturated rings. The molecule has 1 aromatic carbocycles. The summed E-state index contributed by atoms with van der Waals surface area (Å²) in [4.78, 5) is 29.7. The van der Waals surface area contributed by atoms with Gasteiger partial charge in [-0.3, -0.25) is 9.69 Å². The number of nitrogens with zero attached hydrogens (tertiary/aromatic N) is 2. The highest BCUT2D eigenvalue weighted by atomic mass is 16.6. The average Bonchev–Trinajstić information content (AvgIpc) is 2.66. The van der Waals surface area contributed by atoms with Gasteiger partial charge < -0.3 is 15.0 Å². The lowest BCUT2D eigenvalue weighted by molar-refractivity contribution is -0.127. The van der Waals surface area contributed by atoms with Crippen molar-refractivity contribution in [3.05, 3.63) is 35.4 Å². The molecule has 2 aliphatic rings. The van der Waals surface area contributed by atoms with E-state index in [1.165, 1.54) is 19.3 Å². The van der Waals surface area contributed by atoms with Gasteiger partial charge in [0.1, 0.15) is 11.6 Å². The number of hydrogen-bond acceptors (Lipinski definition) is 4. The molecule has 1 saturated heterocycles. The quantitative estimate of drug-likeness (QED) is 0.863. The molecule has 0 aromatic heterocycles. The Labute approximate surface area is 168 Å². The van der Waals surface area contributed by atoms with Crippen LogP contribution in [-0.2, 0) is 22.5 Å². The maximum atomic E-state index is 13.0. The second kappa shape index (κ2) is 8.95. The normalized spacial score (nSPS) is 20.4. The second-order valence-corrected chi connectivity index (χ2v) is 8.79. The van der Waals surface area contributed by atoms with Crippen molar-refractivity contribution in [1.29, 1.82) is 0 Å². The van der Waals surface area contributed by atoms with Crippen LogP contribution in [0.3, 0.4) is 0 Å². The molecule has 3 rings (SSSR count). The van der Waals surface area contributed by atoms with Gasteiger partial charge in [0.25, 0.3) is 0 Å². The molecule has 6 nitrogen and oxygen atoms in total. The zero-order chi connectivity index (χ0) is 20.1. The summed E-state index contributed by atoms with van der Waals surface area (Å²) >= 11 is 0. The van der Waals surface area contributed by atoms with E-state index < -0.39 is 17.7 Å². The Morgan fingerprint density at radius 2 is 1.79 bits per heavy atom. The van der Waals surface area contributed by atoms with Crippen LogP contribution in [0.5, 0.6) is 0 Å². The van der Waals surface area contributed by atoms with Gasteiger partial charge in [-0.1, -0.05) is 30.7 Å². The standard InChI is InChI=1S/C22H33N3O3/c1-22(2,3)28-21(27)25-16-18-10-6-5-9-17(18)15-19(25)20(26)23-11-14-24-12-7-4-8-13-24/h5-6,9-10,19H,4,7-8,11-16H2,1-3H3,(H,23,26). The third-order valence-corrected chi connectivity index (χ3v) is 5.36. The highest BCUT2D eigenvalue weighted by molar-refractivity contribution is 5.86. The van der Waals surface area contributed by atoms with Gasteiger partial charge in [-0.15, -0.1) is 0 Å². The number of rotatable bonds is 4. The predicted octanol–water partition coefficient (Wildman–Crippen LogP) is 2.95. The van der Waals surface area contributed by atoms with Crippen molar-refractivity contribution in [2.24, 2.45) is 0 Å². The summed E-state index contributed by atoms with van der Waals surface area (Å²) in [6.07, 6.45) is 3.86. The van der Waals surface area contributed by atoms with E-state index in [9.17, 15) is 9.59 Å². The SMILES string of the molecule is CC(C)(C)OC(=O)N1Cc2ccccc2CC1C(=O)NCCN1CCCCC1. The van der Waals surface area contributed by atoms with Crippen LogP contribution >= 0.6 is 0 Å². The Morgan fingerprint density at radius 1 is 1.11 bits per heavy atom. The number of benzene rings is 1. The van der Waals surface area contributed by atoms with Gasteiger partial charge in [0.2, 0.25) is 5.91 Å². The highest BCUT2D eigenvalue weighted by Crippen LogP contribution is 2.25. The zero-order valence-corrected chi connectivity index (χ0v) is 17.4. The molecule has 154 valence electrons. The van der Waals surface area contributed by atoms with Crippen molar-refractivity contribution in [1.82, 2.24) is 15.1 Å². The first-order valence-corrected chi connectivity index (χ1v) is 10.4. The average molecular weight is 388 g/mol. The van der Waals surface area contributed by atoms with Crippen molar-refractivity contribution in [3.63, 3.8) is 0 Å². The van der Waals surface area contributed by atoms with Crippen molar-refractivity contribution in [2.75, 3.05) is 26.2 Å². The smallest absolute Gasteiger partial charge is 0.411 e. The largest absolute Gasteiger partial charge is 0.444 e. The van der Waals surface area contributed by atoms with Crippen LogP contribution in [0.25, 0.3) is 0 Å². The highest BCUT2D eigenvalue weighted by Gasteiger charge is 2.36. The van der Waals surface area contributed by atoms with Crippen LogP contribution in [0.1, 0.15) is 51.2 Å². The maximum Gasteiger partial charge on any atom is 0.411 e. The van der Waals surface area contributed by atoms with E-state index >= 15 is 0 Å². The molecule has 1 unspecified atom stereocenters. The monoisotopic (exact) mass is 387 g/mol. The number of carbonyl (C=O) groups is 2. The minimum atomic E-state index is -0.594. The summed E-state index contributed by atoms with van der Waals surface area (Å²) < 4.78 is 5.57. The Bertz CT molecular complexity index is 693. The Balaban J connectivity index is 1.65. The molecule has 2 amide bonds. The van der Waals surface area contributed by atoms with Crippen LogP contribution in [0.2, 0.25) is 0 Å². The number of piperidine rings is 1. The number of amides is 2. The Hall–Kier alpha value is -2.08. The maximum absolute atomic E-state index is 13.0. The van der Waals surface area contributed by atoms with E-state index in [2.05, 4.69) is 10.2 Å². The molecule has 2 aliphatic heterocycles. The lowest BCUT2D eigenvalue weighted by Crippen LogP contribution is -2.54. The summed E-state index contributed by atoms with van der Waals surface area (Å²) in [6.45, 7) is 9.62. The molecule has 28 heavy (non-hydrogen) atoms. The minimum Gasteiger partial charge on any atom is -0.444 e. The summed E-state index contributed by atoms with van der Waals surface area (Å²) in [5.41, 5.74) is 1.60. The lowest BCUT2D eigenvalue weighted by Gasteiger charge is -2.37. The molecule has 0 saturated carbocycles. The molecular weight excluding hydrogens is 354 g/mol. The van der Waals surface area contributed by atoms with Crippen molar-refractivity contribution >= 4 is 12.0 Å². The van der Waals surface area contributed by atoms with Crippen molar-refractivity contribution in [2.45, 2.75) is 64.6 Å². The van der Waals surface area contributed by atoms with Gasteiger partial charge in [0.05, 0.1) is 6.54 Å². The van der Waals surface area contributed by atoms with E-state index in [1.54, 1.807) is 4.90 Å². The molecular formula is C22H33N3O3. The molecule has 0 spiro atoms. The number of nitrogens with one attached hydrogen (secondary N) is 1. The van der Waals surface area contributed by atoms with Crippen LogP contribution in [0.4, 0.5) is 4.79 Å². The van der Waals surface area contributed by atoms with E-state index in [0.717, 1.165) is 30.8 Å². The third-order valence-electron chi connectivity index (χ3n) is 5.36. The van der Waals surface area contributed by atoms with Gasteiger partial charge >= 0.3 is 6.09 Å². The predicted molar refractivity (Wildman–Crippen MR) is 109 cm³/mol. The molecule has 1 atom stereocenters. The van der Waals surface area contributed by atoms with E-state index in [0.29, 0.717) is 19.5 Å². The Morgan fingerprint density at radius 3 is 2.46 bits per heavy atom. The number of ether oxygens (including phenoxy) is 1.